The van der Waals surface area contributed by atoms with Crippen molar-refractivity contribution < 1.29 is 24.6 Å². The summed E-state index contributed by atoms with van der Waals surface area (Å²) >= 11 is 0. The van der Waals surface area contributed by atoms with Gasteiger partial charge < -0.3 is 20.4 Å². The van der Waals surface area contributed by atoms with Gasteiger partial charge in [0.05, 0.1) is 0 Å². The van der Waals surface area contributed by atoms with Crippen molar-refractivity contribution in [3.8, 4) is 0 Å². The molecule has 0 aromatic heterocycles. The number of carboxylic acid groups (broad SMARTS) is 2. The fourth-order valence-electron chi connectivity index (χ4n) is 1.53. The molecule has 0 saturated heterocycles. The van der Waals surface area contributed by atoms with Crippen LogP contribution in [0.4, 0.5) is 4.79 Å². The predicted octanol–water partition coefficient (Wildman–Crippen LogP) is -0.0343. The van der Waals surface area contributed by atoms with Crippen LogP contribution < -0.4 is 5.32 Å². The quantitative estimate of drug-likeness (QED) is 0.608. The van der Waals surface area contributed by atoms with Gasteiger partial charge in [-0.25, -0.2) is 4.79 Å². The Morgan fingerprint density at radius 3 is 2.06 bits per heavy atom. The number of carboxylic acids is 2. The largest absolute Gasteiger partial charge is 0.480 e. The molecule has 96 valence electrons. The van der Waals surface area contributed by atoms with Crippen LogP contribution in [0.2, 0.25) is 0 Å². The van der Waals surface area contributed by atoms with Crippen molar-refractivity contribution in [1.82, 2.24) is 10.2 Å². The van der Waals surface area contributed by atoms with Gasteiger partial charge in [0.25, 0.3) is 0 Å². The summed E-state index contributed by atoms with van der Waals surface area (Å²) in [5, 5.41) is 19.8. The summed E-state index contributed by atoms with van der Waals surface area (Å²) in [5.41, 5.74) is 0. The molecule has 1 saturated carbocycles. The zero-order chi connectivity index (χ0) is 13.0. The van der Waals surface area contributed by atoms with Crippen molar-refractivity contribution in [2.45, 2.75) is 25.8 Å². The van der Waals surface area contributed by atoms with E-state index >= 15 is 0 Å². The highest BCUT2D eigenvalue weighted by Crippen LogP contribution is 2.32. The van der Waals surface area contributed by atoms with E-state index in [1.165, 1.54) is 0 Å². The number of carbonyl (C=O) groups excluding carboxylic acids is 1. The Bertz CT molecular complexity index is 311. The Labute approximate surface area is 98.4 Å². The van der Waals surface area contributed by atoms with Crippen LogP contribution in [0.25, 0.3) is 0 Å². The maximum Gasteiger partial charge on any atom is 0.323 e. The van der Waals surface area contributed by atoms with E-state index in [0.717, 1.165) is 17.7 Å². The van der Waals surface area contributed by atoms with Crippen molar-refractivity contribution in [3.63, 3.8) is 0 Å². The Balaban J connectivity index is 2.51. The summed E-state index contributed by atoms with van der Waals surface area (Å²) in [6.45, 7) is 0.598. The monoisotopic (exact) mass is 244 g/mol. The average Bonchev–Trinajstić information content (AvgIpc) is 2.97. The van der Waals surface area contributed by atoms with E-state index in [-0.39, 0.29) is 6.04 Å². The van der Waals surface area contributed by atoms with Crippen molar-refractivity contribution in [2.24, 2.45) is 5.92 Å². The van der Waals surface area contributed by atoms with Crippen molar-refractivity contribution >= 4 is 18.0 Å². The fourth-order valence-corrected chi connectivity index (χ4v) is 1.53. The maximum absolute atomic E-state index is 11.6. The molecule has 7 heteroatoms. The highest BCUT2D eigenvalue weighted by Gasteiger charge is 2.30. The Hall–Kier alpha value is -1.79. The number of hydrogen-bond acceptors (Lipinski definition) is 3. The Morgan fingerprint density at radius 1 is 1.24 bits per heavy atom. The van der Waals surface area contributed by atoms with Crippen molar-refractivity contribution in [1.29, 1.82) is 0 Å². The van der Waals surface area contributed by atoms with Gasteiger partial charge in [-0.15, -0.1) is 0 Å². The molecule has 0 bridgehead atoms. The predicted molar refractivity (Wildman–Crippen MR) is 57.6 cm³/mol. The second kappa shape index (κ2) is 5.51. The molecule has 1 unspecified atom stereocenters. The van der Waals surface area contributed by atoms with E-state index in [1.807, 2.05) is 6.92 Å². The SMILES string of the molecule is CC(NC(=O)N(CC(=O)O)CC(=O)O)C1CC1. The standard InChI is InChI=1S/C10H16N2O5/c1-6(7-2-3-7)11-10(17)12(4-8(13)14)5-9(15)16/h6-7H,2-5H2,1H3,(H,11,17)(H,13,14)(H,15,16). The number of nitrogens with zero attached hydrogens (tertiary/aromatic N) is 1. The third-order valence-electron chi connectivity index (χ3n) is 2.62. The third kappa shape index (κ3) is 4.71. The zero-order valence-corrected chi connectivity index (χ0v) is 9.55. The molecule has 0 aliphatic heterocycles. The van der Waals surface area contributed by atoms with Gasteiger partial charge in [-0.05, 0) is 25.7 Å². The molecule has 7 nitrogen and oxygen atoms in total. The molecule has 0 heterocycles. The van der Waals surface area contributed by atoms with E-state index in [9.17, 15) is 14.4 Å². The van der Waals surface area contributed by atoms with Gasteiger partial charge in [-0.1, -0.05) is 0 Å². The smallest absolute Gasteiger partial charge is 0.323 e. The fraction of sp³-hybridized carbons (Fsp3) is 0.700. The number of amides is 2. The van der Waals surface area contributed by atoms with E-state index in [2.05, 4.69) is 5.32 Å². The topological polar surface area (TPSA) is 107 Å². The number of nitrogens with one attached hydrogen (secondary N) is 1. The molecule has 1 fully saturated rings. The number of hydrogen-bond donors (Lipinski definition) is 3. The van der Waals surface area contributed by atoms with Gasteiger partial charge in [-0.2, -0.15) is 0 Å². The lowest BCUT2D eigenvalue weighted by molar-refractivity contribution is -0.140. The molecule has 1 aliphatic rings. The number of rotatable bonds is 6. The minimum Gasteiger partial charge on any atom is -0.480 e. The Morgan fingerprint density at radius 2 is 1.71 bits per heavy atom. The lowest BCUT2D eigenvalue weighted by Gasteiger charge is -2.22. The molecule has 1 aliphatic carbocycles. The molecule has 1 atom stereocenters. The van der Waals surface area contributed by atoms with Crippen molar-refractivity contribution in [3.05, 3.63) is 0 Å². The van der Waals surface area contributed by atoms with E-state index < -0.39 is 31.1 Å². The van der Waals surface area contributed by atoms with E-state index in [0.29, 0.717) is 5.92 Å². The molecule has 0 aromatic rings. The zero-order valence-electron chi connectivity index (χ0n) is 9.55. The molecule has 2 amide bonds. The van der Waals surface area contributed by atoms with E-state index in [4.69, 9.17) is 10.2 Å². The second-order valence-electron chi connectivity index (χ2n) is 4.22. The molecule has 17 heavy (non-hydrogen) atoms. The lowest BCUT2D eigenvalue weighted by atomic mass is 10.2. The molecule has 0 aromatic carbocycles. The molecular weight excluding hydrogens is 228 g/mol. The highest BCUT2D eigenvalue weighted by molar-refractivity contribution is 5.84. The lowest BCUT2D eigenvalue weighted by Crippen LogP contribution is -2.48. The van der Waals surface area contributed by atoms with Gasteiger partial charge in [0.2, 0.25) is 0 Å². The molecule has 0 spiro atoms. The van der Waals surface area contributed by atoms with Crippen LogP contribution in [-0.2, 0) is 9.59 Å². The summed E-state index contributed by atoms with van der Waals surface area (Å²) in [6, 6.07) is -0.693. The first-order chi connectivity index (χ1) is 7.90. The van der Waals surface area contributed by atoms with Crippen LogP contribution in [-0.4, -0.2) is 52.2 Å². The van der Waals surface area contributed by atoms with Crippen LogP contribution in [0, 0.1) is 5.92 Å². The van der Waals surface area contributed by atoms with Crippen molar-refractivity contribution in [2.75, 3.05) is 13.1 Å². The number of aliphatic carboxylic acids is 2. The second-order valence-corrected chi connectivity index (χ2v) is 4.22. The average molecular weight is 244 g/mol. The summed E-state index contributed by atoms with van der Waals surface area (Å²) in [7, 11) is 0. The molecule has 1 rings (SSSR count). The van der Waals surface area contributed by atoms with Gasteiger partial charge in [-0.3, -0.25) is 9.59 Å². The minimum absolute atomic E-state index is 0.0485. The first-order valence-electron chi connectivity index (χ1n) is 5.39. The maximum atomic E-state index is 11.6. The summed E-state index contributed by atoms with van der Waals surface area (Å²) in [4.78, 5) is 33.4. The summed E-state index contributed by atoms with van der Waals surface area (Å²) in [5.74, 6) is -2.04. The highest BCUT2D eigenvalue weighted by atomic mass is 16.4. The van der Waals surface area contributed by atoms with Crippen LogP contribution in [0.15, 0.2) is 0 Å². The van der Waals surface area contributed by atoms with Crippen LogP contribution in [0.5, 0.6) is 0 Å². The van der Waals surface area contributed by atoms with Gasteiger partial charge in [0.1, 0.15) is 13.1 Å². The normalized spacial score (nSPS) is 16.1. The Kier molecular flexibility index (Phi) is 4.30. The summed E-state index contributed by atoms with van der Waals surface area (Å²) < 4.78 is 0. The number of carbonyl (C=O) groups is 3. The summed E-state index contributed by atoms with van der Waals surface area (Å²) in [6.07, 6.45) is 2.08. The third-order valence-corrected chi connectivity index (χ3v) is 2.62. The minimum atomic E-state index is -1.24. The molecule has 3 N–H and O–H groups in total. The van der Waals surface area contributed by atoms with Crippen LogP contribution >= 0.6 is 0 Å². The number of urea groups is 1. The van der Waals surface area contributed by atoms with Gasteiger partial charge in [0.15, 0.2) is 0 Å². The van der Waals surface area contributed by atoms with Gasteiger partial charge >= 0.3 is 18.0 Å². The van der Waals surface area contributed by atoms with Crippen LogP contribution in [0.1, 0.15) is 19.8 Å². The van der Waals surface area contributed by atoms with Crippen LogP contribution in [0.3, 0.4) is 0 Å². The van der Waals surface area contributed by atoms with E-state index in [1.54, 1.807) is 0 Å². The first kappa shape index (κ1) is 13.3. The van der Waals surface area contributed by atoms with Gasteiger partial charge in [0, 0.05) is 6.04 Å². The molecular formula is C10H16N2O5. The first-order valence-corrected chi connectivity index (χ1v) is 5.39. The molecule has 0 radical (unpaired) electrons.